The van der Waals surface area contributed by atoms with Gasteiger partial charge in [0.05, 0.1) is 31.5 Å². The van der Waals surface area contributed by atoms with E-state index < -0.39 is 0 Å². The van der Waals surface area contributed by atoms with Gasteiger partial charge in [-0.1, -0.05) is 52.8 Å². The molecule has 2 aromatic carbocycles. The van der Waals surface area contributed by atoms with Crippen LogP contribution in [0.4, 0.5) is 0 Å². The standard InChI is InChI=1S/C16H19Cl2N3O.C15H17Cl2N3O/c17-14-5-4-13(12-15(14)18)21-9-6-16(19-21)22-11-10-20-7-2-1-3-8-20;16-13-4-3-12(11-14(13)17)20-8-5-15(18-20)21-10-9-19-6-1-2-7-19/h4-6,9,12H,1-3,7-8,10-11H2;3-5,8,11H,1-2,6-7,9-10H2. The van der Waals surface area contributed by atoms with E-state index in [2.05, 4.69) is 20.0 Å². The number of benzene rings is 2. The summed E-state index contributed by atoms with van der Waals surface area (Å²) in [6.07, 6.45) is 10.3. The van der Waals surface area contributed by atoms with Crippen molar-refractivity contribution in [2.45, 2.75) is 32.1 Å². The maximum Gasteiger partial charge on any atom is 0.233 e. The Bertz CT molecular complexity index is 1450. The first-order chi connectivity index (χ1) is 20.9. The molecule has 6 rings (SSSR count). The molecule has 43 heavy (non-hydrogen) atoms. The zero-order valence-electron chi connectivity index (χ0n) is 24.0. The first kappa shape index (κ1) is 31.9. The van der Waals surface area contributed by atoms with E-state index in [0.717, 1.165) is 24.5 Å². The molecule has 2 aliphatic rings. The van der Waals surface area contributed by atoms with Crippen LogP contribution in [0.15, 0.2) is 60.9 Å². The van der Waals surface area contributed by atoms with Crippen molar-refractivity contribution in [1.29, 1.82) is 0 Å². The van der Waals surface area contributed by atoms with E-state index in [4.69, 9.17) is 55.9 Å². The summed E-state index contributed by atoms with van der Waals surface area (Å²) < 4.78 is 14.9. The van der Waals surface area contributed by atoms with Crippen LogP contribution < -0.4 is 9.47 Å². The van der Waals surface area contributed by atoms with Crippen molar-refractivity contribution in [1.82, 2.24) is 29.4 Å². The summed E-state index contributed by atoms with van der Waals surface area (Å²) in [5.74, 6) is 1.25. The zero-order valence-corrected chi connectivity index (χ0v) is 27.0. The van der Waals surface area contributed by atoms with Crippen LogP contribution in [0.5, 0.6) is 11.8 Å². The van der Waals surface area contributed by atoms with E-state index in [0.29, 0.717) is 45.1 Å². The third kappa shape index (κ3) is 9.51. The molecule has 0 saturated carbocycles. The molecule has 8 nitrogen and oxygen atoms in total. The van der Waals surface area contributed by atoms with Crippen LogP contribution in [0, 0.1) is 0 Å². The Kier molecular flexibility index (Phi) is 11.9. The van der Waals surface area contributed by atoms with Crippen LogP contribution >= 0.6 is 46.4 Å². The average Bonchev–Trinajstić information content (AvgIpc) is 3.80. The van der Waals surface area contributed by atoms with Crippen molar-refractivity contribution in [3.05, 3.63) is 81.0 Å². The van der Waals surface area contributed by atoms with Gasteiger partial charge in [0.1, 0.15) is 13.2 Å². The fourth-order valence-corrected chi connectivity index (χ4v) is 5.64. The Hall–Kier alpha value is -2.46. The van der Waals surface area contributed by atoms with Crippen LogP contribution in [0.1, 0.15) is 32.1 Å². The Morgan fingerprint density at radius 2 is 0.953 bits per heavy atom. The van der Waals surface area contributed by atoms with Crippen molar-refractivity contribution in [3.8, 4) is 23.1 Å². The van der Waals surface area contributed by atoms with Gasteiger partial charge in [-0.3, -0.25) is 9.80 Å². The lowest BCUT2D eigenvalue weighted by Crippen LogP contribution is -2.33. The van der Waals surface area contributed by atoms with Gasteiger partial charge in [0.2, 0.25) is 11.8 Å². The van der Waals surface area contributed by atoms with Gasteiger partial charge < -0.3 is 9.47 Å². The molecule has 230 valence electrons. The minimum atomic E-state index is 0.515. The van der Waals surface area contributed by atoms with Crippen LogP contribution in [0.2, 0.25) is 20.1 Å². The largest absolute Gasteiger partial charge is 0.475 e. The maximum atomic E-state index is 6.03. The number of likely N-dealkylation sites (tertiary alicyclic amines) is 2. The van der Waals surface area contributed by atoms with Crippen LogP contribution in [-0.2, 0) is 0 Å². The molecular formula is C31H36Cl4N6O2. The molecule has 0 radical (unpaired) electrons. The van der Waals surface area contributed by atoms with E-state index >= 15 is 0 Å². The van der Waals surface area contributed by atoms with Crippen molar-refractivity contribution in [2.24, 2.45) is 0 Å². The van der Waals surface area contributed by atoms with Crippen LogP contribution in [-0.4, -0.2) is 81.8 Å². The summed E-state index contributed by atoms with van der Waals surface area (Å²) in [4.78, 5) is 4.86. The summed E-state index contributed by atoms with van der Waals surface area (Å²) in [7, 11) is 0. The quantitative estimate of drug-likeness (QED) is 0.173. The molecule has 2 aromatic heterocycles. The smallest absolute Gasteiger partial charge is 0.233 e. The molecule has 12 heteroatoms. The normalized spacial score (nSPS) is 15.7. The van der Waals surface area contributed by atoms with Crippen molar-refractivity contribution >= 4 is 46.4 Å². The predicted molar refractivity (Wildman–Crippen MR) is 174 cm³/mol. The lowest BCUT2D eigenvalue weighted by molar-refractivity contribution is 0.180. The highest BCUT2D eigenvalue weighted by atomic mass is 35.5. The van der Waals surface area contributed by atoms with E-state index in [1.165, 1.54) is 58.3 Å². The summed E-state index contributed by atoms with van der Waals surface area (Å²) in [5.41, 5.74) is 1.72. The molecule has 0 bridgehead atoms. The number of nitrogens with zero attached hydrogens (tertiary/aromatic N) is 6. The molecular weight excluding hydrogens is 630 g/mol. The molecule has 2 saturated heterocycles. The van der Waals surface area contributed by atoms with E-state index in [-0.39, 0.29) is 0 Å². The molecule has 2 aliphatic heterocycles. The zero-order chi connectivity index (χ0) is 30.0. The molecule has 0 unspecified atom stereocenters. The summed E-state index contributed by atoms with van der Waals surface area (Å²) in [5, 5.41) is 10.9. The Labute approximate surface area is 273 Å². The molecule has 4 aromatic rings. The topological polar surface area (TPSA) is 60.6 Å². The van der Waals surface area contributed by atoms with Gasteiger partial charge in [-0.05, 0) is 88.3 Å². The third-order valence-corrected chi connectivity index (χ3v) is 8.91. The fraction of sp³-hybridized carbons (Fsp3) is 0.419. The molecule has 0 spiro atoms. The van der Waals surface area contributed by atoms with Gasteiger partial charge in [-0.15, -0.1) is 10.2 Å². The monoisotopic (exact) mass is 664 g/mol. The molecule has 0 amide bonds. The highest BCUT2D eigenvalue weighted by Gasteiger charge is 2.12. The second-order valence-corrected chi connectivity index (χ2v) is 12.2. The number of aromatic nitrogens is 4. The van der Waals surface area contributed by atoms with Crippen molar-refractivity contribution < 1.29 is 9.47 Å². The number of hydrogen-bond donors (Lipinski definition) is 0. The number of ether oxygens (including phenoxy) is 2. The molecule has 2 fully saturated rings. The Morgan fingerprint density at radius 1 is 0.535 bits per heavy atom. The second-order valence-electron chi connectivity index (χ2n) is 10.5. The third-order valence-electron chi connectivity index (χ3n) is 7.43. The van der Waals surface area contributed by atoms with Gasteiger partial charge in [-0.25, -0.2) is 9.36 Å². The fourth-order valence-electron chi connectivity index (χ4n) is 5.06. The highest BCUT2D eigenvalue weighted by molar-refractivity contribution is 6.42. The summed E-state index contributed by atoms with van der Waals surface area (Å²) in [6.45, 7) is 7.97. The van der Waals surface area contributed by atoms with E-state index in [9.17, 15) is 0 Å². The second kappa shape index (κ2) is 16.0. The van der Waals surface area contributed by atoms with Gasteiger partial charge >= 0.3 is 0 Å². The minimum Gasteiger partial charge on any atom is -0.475 e. The Morgan fingerprint density at radius 3 is 1.37 bits per heavy atom. The molecule has 0 aliphatic carbocycles. The Balaban J connectivity index is 0.000000171. The van der Waals surface area contributed by atoms with Crippen LogP contribution in [0.25, 0.3) is 11.4 Å². The maximum absolute atomic E-state index is 6.03. The number of rotatable bonds is 10. The van der Waals surface area contributed by atoms with Gasteiger partial charge in [0.15, 0.2) is 0 Å². The number of hydrogen-bond acceptors (Lipinski definition) is 6. The van der Waals surface area contributed by atoms with Gasteiger partial charge in [-0.2, -0.15) is 0 Å². The van der Waals surface area contributed by atoms with Gasteiger partial charge in [0.25, 0.3) is 0 Å². The summed E-state index contributed by atoms with van der Waals surface area (Å²) in [6, 6.07) is 14.5. The van der Waals surface area contributed by atoms with Crippen molar-refractivity contribution in [2.75, 3.05) is 52.5 Å². The number of halogens is 4. The van der Waals surface area contributed by atoms with E-state index in [1.54, 1.807) is 33.6 Å². The van der Waals surface area contributed by atoms with E-state index in [1.807, 2.05) is 36.7 Å². The molecule has 0 N–H and O–H groups in total. The van der Waals surface area contributed by atoms with Crippen LogP contribution in [0.3, 0.4) is 0 Å². The molecule has 4 heterocycles. The lowest BCUT2D eigenvalue weighted by atomic mass is 10.1. The minimum absolute atomic E-state index is 0.515. The highest BCUT2D eigenvalue weighted by Crippen LogP contribution is 2.26. The lowest BCUT2D eigenvalue weighted by Gasteiger charge is -2.25. The first-order valence-corrected chi connectivity index (χ1v) is 16.2. The van der Waals surface area contributed by atoms with Gasteiger partial charge in [0, 0.05) is 37.6 Å². The molecule has 0 atom stereocenters. The summed E-state index contributed by atoms with van der Waals surface area (Å²) >= 11 is 23.9. The average molecular weight is 666 g/mol. The SMILES string of the molecule is Clc1ccc(-n2ccc(OCCN3CCCC3)n2)cc1Cl.Clc1ccc(-n2ccc(OCCN3CCCCC3)n2)cc1Cl. The predicted octanol–water partition coefficient (Wildman–Crippen LogP) is 7.70. The number of piperidine rings is 1. The first-order valence-electron chi connectivity index (χ1n) is 14.7. The van der Waals surface area contributed by atoms with Crippen molar-refractivity contribution in [3.63, 3.8) is 0 Å².